The quantitative estimate of drug-likeness (QED) is 0.619. The Morgan fingerprint density at radius 1 is 1.11 bits per heavy atom. The molecule has 0 radical (unpaired) electrons. The highest BCUT2D eigenvalue weighted by atomic mass is 16.5. The van der Waals surface area contributed by atoms with Gasteiger partial charge >= 0.3 is 0 Å². The molecule has 1 aromatic heterocycles. The highest BCUT2D eigenvalue weighted by Gasteiger charge is 1.98. The third-order valence-electron chi connectivity index (χ3n) is 2.17. The predicted molar refractivity (Wildman–Crippen MR) is 67.6 cm³/mol. The second kappa shape index (κ2) is 9.76. The molecule has 0 bridgehead atoms. The minimum absolute atomic E-state index is 0.479. The van der Waals surface area contributed by atoms with Gasteiger partial charge in [-0.05, 0) is 19.5 Å². The Balaban J connectivity index is 2.08. The van der Waals surface area contributed by atoms with Crippen molar-refractivity contribution < 1.29 is 14.2 Å². The normalized spacial score (nSPS) is 10.6. The first-order valence-corrected chi connectivity index (χ1v) is 6.03. The van der Waals surface area contributed by atoms with E-state index in [9.17, 15) is 0 Å². The molecular weight excluding hydrogens is 234 g/mol. The van der Waals surface area contributed by atoms with Crippen molar-refractivity contribution in [1.29, 1.82) is 0 Å². The van der Waals surface area contributed by atoms with Crippen molar-refractivity contribution in [2.24, 2.45) is 0 Å². The average molecular weight is 255 g/mol. The van der Waals surface area contributed by atoms with Gasteiger partial charge in [0.25, 0.3) is 0 Å². The second-order valence-corrected chi connectivity index (χ2v) is 3.70. The second-order valence-electron chi connectivity index (χ2n) is 3.70. The largest absolute Gasteiger partial charge is 0.474 e. The Bertz CT molecular complexity index is 306. The van der Waals surface area contributed by atoms with Gasteiger partial charge in [-0.2, -0.15) is 5.10 Å². The number of aromatic nitrogens is 2. The molecule has 0 fully saturated rings. The summed E-state index contributed by atoms with van der Waals surface area (Å²) in [4.78, 5) is 0. The Morgan fingerprint density at radius 2 is 2.00 bits per heavy atom. The average Bonchev–Trinajstić information content (AvgIpc) is 2.40. The summed E-state index contributed by atoms with van der Waals surface area (Å²) in [5.41, 5.74) is 0.890. The molecule has 0 aromatic carbocycles. The summed E-state index contributed by atoms with van der Waals surface area (Å²) in [6.45, 7) is 3.13. The zero-order chi connectivity index (χ0) is 13.1. The Morgan fingerprint density at radius 3 is 2.67 bits per heavy atom. The SMILES string of the molecule is CNCc1ccc(OCCOCCCOC)nn1. The van der Waals surface area contributed by atoms with Crippen LogP contribution in [0.1, 0.15) is 12.1 Å². The van der Waals surface area contributed by atoms with Gasteiger partial charge in [-0.3, -0.25) is 0 Å². The van der Waals surface area contributed by atoms with Gasteiger partial charge in [-0.25, -0.2) is 0 Å². The molecule has 6 heteroatoms. The van der Waals surface area contributed by atoms with Crippen LogP contribution in [0.3, 0.4) is 0 Å². The van der Waals surface area contributed by atoms with Gasteiger partial charge in [0, 0.05) is 32.9 Å². The summed E-state index contributed by atoms with van der Waals surface area (Å²) in [5.74, 6) is 0.523. The van der Waals surface area contributed by atoms with E-state index in [-0.39, 0.29) is 0 Å². The number of rotatable bonds is 10. The predicted octanol–water partition coefficient (Wildman–Crippen LogP) is 0.628. The third-order valence-corrected chi connectivity index (χ3v) is 2.17. The van der Waals surface area contributed by atoms with E-state index in [2.05, 4.69) is 15.5 Å². The van der Waals surface area contributed by atoms with Crippen molar-refractivity contribution in [2.45, 2.75) is 13.0 Å². The van der Waals surface area contributed by atoms with Crippen molar-refractivity contribution in [3.63, 3.8) is 0 Å². The number of nitrogens with one attached hydrogen (secondary N) is 1. The van der Waals surface area contributed by atoms with Crippen LogP contribution < -0.4 is 10.1 Å². The molecule has 0 saturated carbocycles. The van der Waals surface area contributed by atoms with E-state index >= 15 is 0 Å². The molecule has 1 heterocycles. The van der Waals surface area contributed by atoms with E-state index in [1.807, 2.05) is 19.2 Å². The summed E-state index contributed by atoms with van der Waals surface area (Å²) in [5, 5.41) is 11.0. The van der Waals surface area contributed by atoms with E-state index in [1.165, 1.54) is 0 Å². The number of methoxy groups -OCH3 is 1. The zero-order valence-corrected chi connectivity index (χ0v) is 11.0. The summed E-state index contributed by atoms with van der Waals surface area (Å²) < 4.78 is 15.7. The van der Waals surface area contributed by atoms with Crippen molar-refractivity contribution >= 4 is 0 Å². The number of hydrogen-bond acceptors (Lipinski definition) is 6. The zero-order valence-electron chi connectivity index (χ0n) is 11.0. The maximum Gasteiger partial charge on any atom is 0.233 e. The smallest absolute Gasteiger partial charge is 0.233 e. The number of hydrogen-bond donors (Lipinski definition) is 1. The molecule has 0 saturated heterocycles. The van der Waals surface area contributed by atoms with Crippen LogP contribution in [0, 0.1) is 0 Å². The topological polar surface area (TPSA) is 65.5 Å². The fourth-order valence-corrected chi connectivity index (χ4v) is 1.31. The Labute approximate surface area is 108 Å². The molecule has 0 unspecified atom stereocenters. The van der Waals surface area contributed by atoms with E-state index in [4.69, 9.17) is 14.2 Å². The molecule has 0 aliphatic heterocycles. The molecular formula is C12H21N3O3. The first kappa shape index (κ1) is 14.8. The third kappa shape index (κ3) is 6.48. The Kier molecular flexibility index (Phi) is 8.03. The summed E-state index contributed by atoms with van der Waals surface area (Å²) in [6.07, 6.45) is 0.898. The van der Waals surface area contributed by atoms with Crippen LogP contribution in [-0.2, 0) is 16.0 Å². The lowest BCUT2D eigenvalue weighted by atomic mass is 10.4. The van der Waals surface area contributed by atoms with Crippen LogP contribution in [0.5, 0.6) is 5.88 Å². The number of nitrogens with zero attached hydrogens (tertiary/aromatic N) is 2. The van der Waals surface area contributed by atoms with Crippen molar-refractivity contribution in [2.75, 3.05) is 40.6 Å². The van der Waals surface area contributed by atoms with Gasteiger partial charge in [0.05, 0.1) is 12.3 Å². The molecule has 1 aromatic rings. The molecule has 102 valence electrons. The van der Waals surface area contributed by atoms with Crippen LogP contribution in [0.4, 0.5) is 0 Å². The van der Waals surface area contributed by atoms with Crippen molar-refractivity contribution in [3.05, 3.63) is 17.8 Å². The molecule has 0 aliphatic rings. The lowest BCUT2D eigenvalue weighted by molar-refractivity contribution is 0.0793. The van der Waals surface area contributed by atoms with Gasteiger partial charge in [0.1, 0.15) is 6.61 Å². The lowest BCUT2D eigenvalue weighted by Gasteiger charge is -2.06. The number of ether oxygens (including phenoxy) is 3. The van der Waals surface area contributed by atoms with Gasteiger partial charge in [-0.1, -0.05) is 0 Å². The monoisotopic (exact) mass is 255 g/mol. The Hall–Kier alpha value is -1.24. The molecule has 1 rings (SSSR count). The van der Waals surface area contributed by atoms with Gasteiger partial charge < -0.3 is 19.5 Å². The standard InChI is InChI=1S/C12H21N3O3/c1-13-10-11-4-5-12(15-14-11)18-9-8-17-7-3-6-16-2/h4-5,13H,3,6-10H2,1-2H3. The summed E-state index contributed by atoms with van der Waals surface area (Å²) >= 11 is 0. The fourth-order valence-electron chi connectivity index (χ4n) is 1.31. The minimum Gasteiger partial charge on any atom is -0.474 e. The van der Waals surface area contributed by atoms with E-state index < -0.39 is 0 Å². The molecule has 0 aliphatic carbocycles. The summed E-state index contributed by atoms with van der Waals surface area (Å²) in [6, 6.07) is 3.70. The first-order chi connectivity index (χ1) is 8.86. The first-order valence-electron chi connectivity index (χ1n) is 6.03. The van der Waals surface area contributed by atoms with E-state index in [0.717, 1.165) is 18.7 Å². The molecule has 18 heavy (non-hydrogen) atoms. The molecule has 0 spiro atoms. The molecule has 6 nitrogen and oxygen atoms in total. The van der Waals surface area contributed by atoms with Crippen LogP contribution in [0.25, 0.3) is 0 Å². The highest BCUT2D eigenvalue weighted by Crippen LogP contribution is 2.04. The van der Waals surface area contributed by atoms with Crippen LogP contribution in [0.15, 0.2) is 12.1 Å². The van der Waals surface area contributed by atoms with Gasteiger partial charge in [-0.15, -0.1) is 5.10 Å². The van der Waals surface area contributed by atoms with Crippen LogP contribution >= 0.6 is 0 Å². The fraction of sp³-hybridized carbons (Fsp3) is 0.667. The maximum atomic E-state index is 5.40. The van der Waals surface area contributed by atoms with Crippen LogP contribution in [0.2, 0.25) is 0 Å². The molecule has 0 amide bonds. The van der Waals surface area contributed by atoms with Crippen molar-refractivity contribution in [1.82, 2.24) is 15.5 Å². The summed E-state index contributed by atoms with van der Waals surface area (Å²) in [7, 11) is 3.55. The van der Waals surface area contributed by atoms with E-state index in [0.29, 0.717) is 32.2 Å². The maximum absolute atomic E-state index is 5.40. The molecule has 1 N–H and O–H groups in total. The lowest BCUT2D eigenvalue weighted by Crippen LogP contribution is -2.11. The van der Waals surface area contributed by atoms with Crippen LogP contribution in [-0.4, -0.2) is 50.8 Å². The van der Waals surface area contributed by atoms with Gasteiger partial charge in [0.15, 0.2) is 0 Å². The molecule has 0 atom stereocenters. The van der Waals surface area contributed by atoms with Crippen molar-refractivity contribution in [3.8, 4) is 5.88 Å². The highest BCUT2D eigenvalue weighted by molar-refractivity contribution is 5.11. The van der Waals surface area contributed by atoms with Gasteiger partial charge in [0.2, 0.25) is 5.88 Å². The van der Waals surface area contributed by atoms with E-state index in [1.54, 1.807) is 7.11 Å². The minimum atomic E-state index is 0.479.